The molecule has 0 bridgehead atoms. The lowest BCUT2D eigenvalue weighted by Crippen LogP contribution is -2.26. The summed E-state index contributed by atoms with van der Waals surface area (Å²) in [7, 11) is 0. The molecule has 2 nitrogen and oxygen atoms in total. The Morgan fingerprint density at radius 3 is 2.46 bits per heavy atom. The number of hydrogen-bond donors (Lipinski definition) is 1. The molecule has 0 aromatic rings. The second kappa shape index (κ2) is 8.52. The summed E-state index contributed by atoms with van der Waals surface area (Å²) in [5, 5.41) is 3.40. The molecule has 0 rings (SSSR count). The van der Waals surface area contributed by atoms with Crippen LogP contribution in [0.4, 0.5) is 0 Å². The fourth-order valence-electron chi connectivity index (χ4n) is 1.31. The maximum atomic E-state index is 5.42. The lowest BCUT2D eigenvalue weighted by Gasteiger charge is -2.12. The Bertz CT molecular complexity index is 104. The van der Waals surface area contributed by atoms with E-state index in [9.17, 15) is 0 Å². The van der Waals surface area contributed by atoms with Gasteiger partial charge in [-0.05, 0) is 32.7 Å². The summed E-state index contributed by atoms with van der Waals surface area (Å²) in [5.74, 6) is 0.795. The molecule has 0 aromatic carbocycles. The predicted octanol–water partition coefficient (Wildman–Crippen LogP) is 2.44. The summed E-state index contributed by atoms with van der Waals surface area (Å²) in [6.45, 7) is 11.6. The molecule has 1 atom stereocenters. The van der Waals surface area contributed by atoms with Gasteiger partial charge in [0.25, 0.3) is 0 Å². The van der Waals surface area contributed by atoms with Crippen molar-refractivity contribution in [1.29, 1.82) is 0 Å². The zero-order valence-electron chi connectivity index (χ0n) is 9.60. The highest BCUT2D eigenvalue weighted by molar-refractivity contribution is 4.55. The molecule has 0 spiro atoms. The lowest BCUT2D eigenvalue weighted by molar-refractivity contribution is 0.0804. The molecule has 0 aromatic heterocycles. The van der Waals surface area contributed by atoms with Crippen LogP contribution >= 0.6 is 0 Å². The van der Waals surface area contributed by atoms with Gasteiger partial charge in [0.05, 0.1) is 12.7 Å². The van der Waals surface area contributed by atoms with Crippen LogP contribution in [0.1, 0.15) is 40.5 Å². The van der Waals surface area contributed by atoms with E-state index in [-0.39, 0.29) is 0 Å². The van der Waals surface area contributed by atoms with E-state index in [1.807, 2.05) is 0 Å². The van der Waals surface area contributed by atoms with Gasteiger partial charge in [0.2, 0.25) is 0 Å². The highest BCUT2D eigenvalue weighted by Crippen LogP contribution is 2.02. The SMILES string of the molecule is CCCC(C)CNCCOC(C)C. The lowest BCUT2D eigenvalue weighted by atomic mass is 10.1. The second-order valence-corrected chi connectivity index (χ2v) is 4.02. The van der Waals surface area contributed by atoms with Crippen molar-refractivity contribution in [2.45, 2.75) is 46.6 Å². The third kappa shape index (κ3) is 9.84. The first-order valence-electron chi connectivity index (χ1n) is 5.49. The van der Waals surface area contributed by atoms with Crippen LogP contribution in [0.25, 0.3) is 0 Å². The van der Waals surface area contributed by atoms with Gasteiger partial charge >= 0.3 is 0 Å². The van der Waals surface area contributed by atoms with E-state index >= 15 is 0 Å². The molecule has 0 radical (unpaired) electrons. The van der Waals surface area contributed by atoms with Crippen molar-refractivity contribution in [3.63, 3.8) is 0 Å². The minimum absolute atomic E-state index is 0.356. The molecule has 0 aliphatic carbocycles. The van der Waals surface area contributed by atoms with Crippen molar-refractivity contribution >= 4 is 0 Å². The van der Waals surface area contributed by atoms with Gasteiger partial charge in [0.15, 0.2) is 0 Å². The number of ether oxygens (including phenoxy) is 1. The summed E-state index contributed by atoms with van der Waals surface area (Å²) < 4.78 is 5.42. The summed E-state index contributed by atoms with van der Waals surface area (Å²) in [6, 6.07) is 0. The van der Waals surface area contributed by atoms with Gasteiger partial charge in [-0.1, -0.05) is 20.3 Å². The molecule has 80 valence electrons. The maximum absolute atomic E-state index is 5.42. The minimum Gasteiger partial charge on any atom is -0.377 e. The second-order valence-electron chi connectivity index (χ2n) is 4.02. The predicted molar refractivity (Wildman–Crippen MR) is 58.0 cm³/mol. The van der Waals surface area contributed by atoms with E-state index in [2.05, 4.69) is 33.0 Å². The van der Waals surface area contributed by atoms with Gasteiger partial charge in [-0.15, -0.1) is 0 Å². The minimum atomic E-state index is 0.356. The topological polar surface area (TPSA) is 21.3 Å². The average molecular weight is 187 g/mol. The van der Waals surface area contributed by atoms with E-state index < -0.39 is 0 Å². The Labute approximate surface area is 83.1 Å². The zero-order valence-corrected chi connectivity index (χ0v) is 9.60. The molecule has 0 fully saturated rings. The van der Waals surface area contributed by atoms with Crippen molar-refractivity contribution in [2.75, 3.05) is 19.7 Å². The molecular formula is C11H25NO. The zero-order chi connectivity index (χ0) is 10.1. The van der Waals surface area contributed by atoms with Crippen molar-refractivity contribution in [3.05, 3.63) is 0 Å². The van der Waals surface area contributed by atoms with E-state index in [0.717, 1.165) is 25.6 Å². The Kier molecular flexibility index (Phi) is 8.46. The summed E-state index contributed by atoms with van der Waals surface area (Å²) in [6.07, 6.45) is 2.96. The number of rotatable bonds is 8. The number of nitrogens with one attached hydrogen (secondary N) is 1. The normalized spacial score (nSPS) is 13.6. The quantitative estimate of drug-likeness (QED) is 0.589. The van der Waals surface area contributed by atoms with Gasteiger partial charge in [0.1, 0.15) is 0 Å². The van der Waals surface area contributed by atoms with E-state index in [0.29, 0.717) is 6.10 Å². The third-order valence-electron chi connectivity index (χ3n) is 2.00. The van der Waals surface area contributed by atoms with Gasteiger partial charge < -0.3 is 10.1 Å². The van der Waals surface area contributed by atoms with Crippen LogP contribution in [0.15, 0.2) is 0 Å². The van der Waals surface area contributed by atoms with Crippen LogP contribution < -0.4 is 5.32 Å². The van der Waals surface area contributed by atoms with Crippen molar-refractivity contribution in [2.24, 2.45) is 5.92 Å². The van der Waals surface area contributed by atoms with Gasteiger partial charge in [-0.25, -0.2) is 0 Å². The molecule has 2 heteroatoms. The molecule has 1 unspecified atom stereocenters. The van der Waals surface area contributed by atoms with Crippen LogP contribution in [-0.2, 0) is 4.74 Å². The Morgan fingerprint density at radius 1 is 1.23 bits per heavy atom. The molecule has 0 aliphatic heterocycles. The molecule has 0 saturated carbocycles. The van der Waals surface area contributed by atoms with Crippen molar-refractivity contribution in [1.82, 2.24) is 5.32 Å². The highest BCUT2D eigenvalue weighted by atomic mass is 16.5. The molecule has 0 saturated heterocycles. The average Bonchev–Trinajstić information content (AvgIpc) is 2.03. The van der Waals surface area contributed by atoms with Crippen LogP contribution in [0.2, 0.25) is 0 Å². The monoisotopic (exact) mass is 187 g/mol. The van der Waals surface area contributed by atoms with E-state index in [4.69, 9.17) is 4.74 Å². The smallest absolute Gasteiger partial charge is 0.0594 e. The Balaban J connectivity index is 3.06. The first kappa shape index (κ1) is 12.9. The molecule has 0 aliphatic rings. The van der Waals surface area contributed by atoms with Crippen LogP contribution in [0.3, 0.4) is 0 Å². The third-order valence-corrected chi connectivity index (χ3v) is 2.00. The van der Waals surface area contributed by atoms with Crippen molar-refractivity contribution < 1.29 is 4.74 Å². The van der Waals surface area contributed by atoms with Crippen LogP contribution in [0, 0.1) is 5.92 Å². The maximum Gasteiger partial charge on any atom is 0.0594 e. The van der Waals surface area contributed by atoms with Crippen molar-refractivity contribution in [3.8, 4) is 0 Å². The highest BCUT2D eigenvalue weighted by Gasteiger charge is 1.99. The summed E-state index contributed by atoms with van der Waals surface area (Å²) in [4.78, 5) is 0. The number of hydrogen-bond acceptors (Lipinski definition) is 2. The molecule has 13 heavy (non-hydrogen) atoms. The van der Waals surface area contributed by atoms with Gasteiger partial charge in [-0.3, -0.25) is 0 Å². The Hall–Kier alpha value is -0.0800. The first-order chi connectivity index (χ1) is 6.16. The molecule has 0 amide bonds. The van der Waals surface area contributed by atoms with Gasteiger partial charge in [-0.2, -0.15) is 0 Å². The van der Waals surface area contributed by atoms with Crippen LogP contribution in [-0.4, -0.2) is 25.8 Å². The molecule has 0 heterocycles. The largest absolute Gasteiger partial charge is 0.377 e. The fraction of sp³-hybridized carbons (Fsp3) is 1.00. The van der Waals surface area contributed by atoms with Crippen LogP contribution in [0.5, 0.6) is 0 Å². The van der Waals surface area contributed by atoms with E-state index in [1.54, 1.807) is 0 Å². The molecular weight excluding hydrogens is 162 g/mol. The summed E-state index contributed by atoms with van der Waals surface area (Å²) in [5.41, 5.74) is 0. The fourth-order valence-corrected chi connectivity index (χ4v) is 1.31. The van der Waals surface area contributed by atoms with E-state index in [1.165, 1.54) is 12.8 Å². The standard InChI is InChI=1S/C11H25NO/c1-5-6-11(4)9-12-7-8-13-10(2)3/h10-12H,5-9H2,1-4H3. The molecule has 1 N–H and O–H groups in total. The summed E-state index contributed by atoms with van der Waals surface area (Å²) >= 11 is 0. The first-order valence-corrected chi connectivity index (χ1v) is 5.49. The Morgan fingerprint density at radius 2 is 1.92 bits per heavy atom. The van der Waals surface area contributed by atoms with Gasteiger partial charge in [0, 0.05) is 6.54 Å².